The zero-order valence-corrected chi connectivity index (χ0v) is 8.42. The minimum atomic E-state index is 0.123. The standard InChI is InChI=1S/C9H20N2O/c1-7(2)5-9(11-10)6-12-8(3)4/h5,8-9,11H,6,10H2,1-4H3. The highest BCUT2D eigenvalue weighted by Gasteiger charge is 2.03. The summed E-state index contributed by atoms with van der Waals surface area (Å²) >= 11 is 0. The van der Waals surface area contributed by atoms with Crippen molar-refractivity contribution in [2.45, 2.75) is 39.8 Å². The first-order valence-electron chi connectivity index (χ1n) is 4.29. The lowest BCUT2D eigenvalue weighted by Gasteiger charge is -2.14. The molecule has 1 unspecified atom stereocenters. The largest absolute Gasteiger partial charge is 0.377 e. The Hall–Kier alpha value is -0.380. The molecular weight excluding hydrogens is 152 g/mol. The number of hydrogen-bond donors (Lipinski definition) is 2. The number of allylic oxidation sites excluding steroid dienone is 1. The van der Waals surface area contributed by atoms with Crippen LogP contribution in [0.5, 0.6) is 0 Å². The smallest absolute Gasteiger partial charge is 0.0672 e. The minimum Gasteiger partial charge on any atom is -0.377 e. The summed E-state index contributed by atoms with van der Waals surface area (Å²) in [4.78, 5) is 0. The van der Waals surface area contributed by atoms with Crippen LogP contribution in [0.2, 0.25) is 0 Å². The molecule has 0 rings (SSSR count). The van der Waals surface area contributed by atoms with Gasteiger partial charge in [0, 0.05) is 0 Å². The van der Waals surface area contributed by atoms with Crippen molar-refractivity contribution >= 4 is 0 Å². The van der Waals surface area contributed by atoms with Gasteiger partial charge in [0.05, 0.1) is 18.8 Å². The predicted molar refractivity (Wildman–Crippen MR) is 51.6 cm³/mol. The van der Waals surface area contributed by atoms with Crippen LogP contribution in [0.15, 0.2) is 11.6 Å². The van der Waals surface area contributed by atoms with Crippen molar-refractivity contribution in [2.24, 2.45) is 5.84 Å². The van der Waals surface area contributed by atoms with Crippen molar-refractivity contribution in [1.29, 1.82) is 0 Å². The van der Waals surface area contributed by atoms with Crippen LogP contribution in [0.1, 0.15) is 27.7 Å². The SMILES string of the molecule is CC(C)=CC(COC(C)C)NN. The van der Waals surface area contributed by atoms with Crippen LogP contribution in [0.25, 0.3) is 0 Å². The van der Waals surface area contributed by atoms with Crippen LogP contribution in [0, 0.1) is 0 Å². The third-order valence-corrected chi connectivity index (χ3v) is 1.36. The van der Waals surface area contributed by atoms with Crippen LogP contribution in [0.4, 0.5) is 0 Å². The minimum absolute atomic E-state index is 0.123. The average Bonchev–Trinajstić information content (AvgIpc) is 1.97. The quantitative estimate of drug-likeness (QED) is 0.372. The Kier molecular flexibility index (Phi) is 5.98. The number of hydrogen-bond acceptors (Lipinski definition) is 3. The monoisotopic (exact) mass is 172 g/mol. The van der Waals surface area contributed by atoms with Gasteiger partial charge in [-0.05, 0) is 27.7 Å². The highest BCUT2D eigenvalue weighted by Crippen LogP contribution is 1.96. The van der Waals surface area contributed by atoms with E-state index < -0.39 is 0 Å². The van der Waals surface area contributed by atoms with E-state index >= 15 is 0 Å². The third kappa shape index (κ3) is 6.34. The maximum atomic E-state index is 5.41. The second-order valence-corrected chi connectivity index (χ2v) is 3.40. The van der Waals surface area contributed by atoms with Gasteiger partial charge in [-0.3, -0.25) is 11.3 Å². The molecule has 1 atom stereocenters. The highest BCUT2D eigenvalue weighted by molar-refractivity contribution is 5.00. The predicted octanol–water partition coefficient (Wildman–Crippen LogP) is 1.21. The van der Waals surface area contributed by atoms with Crippen molar-refractivity contribution in [3.05, 3.63) is 11.6 Å². The van der Waals surface area contributed by atoms with Gasteiger partial charge in [0.2, 0.25) is 0 Å². The maximum absolute atomic E-state index is 5.41. The van der Waals surface area contributed by atoms with E-state index in [1.165, 1.54) is 5.57 Å². The molecule has 0 radical (unpaired) electrons. The first kappa shape index (κ1) is 11.6. The molecule has 0 aliphatic carbocycles. The van der Waals surface area contributed by atoms with E-state index in [-0.39, 0.29) is 12.1 Å². The molecule has 0 heterocycles. The number of nitrogens with one attached hydrogen (secondary N) is 1. The van der Waals surface area contributed by atoms with Gasteiger partial charge in [-0.2, -0.15) is 0 Å². The maximum Gasteiger partial charge on any atom is 0.0672 e. The summed E-state index contributed by atoms with van der Waals surface area (Å²) in [5, 5.41) is 0. The molecule has 0 fully saturated rings. The lowest BCUT2D eigenvalue weighted by Crippen LogP contribution is -2.38. The summed E-state index contributed by atoms with van der Waals surface area (Å²) < 4.78 is 5.41. The number of ether oxygens (including phenoxy) is 1. The molecule has 0 amide bonds. The van der Waals surface area contributed by atoms with Gasteiger partial charge in [0.25, 0.3) is 0 Å². The molecule has 0 aromatic carbocycles. The fourth-order valence-corrected chi connectivity index (χ4v) is 0.843. The van der Waals surface area contributed by atoms with Gasteiger partial charge < -0.3 is 4.74 Å². The second kappa shape index (κ2) is 6.17. The zero-order valence-electron chi connectivity index (χ0n) is 8.42. The van der Waals surface area contributed by atoms with Gasteiger partial charge in [0.15, 0.2) is 0 Å². The van der Waals surface area contributed by atoms with Crippen molar-refractivity contribution in [2.75, 3.05) is 6.61 Å². The topological polar surface area (TPSA) is 47.3 Å². The summed E-state index contributed by atoms with van der Waals surface area (Å²) in [5.41, 5.74) is 3.93. The van der Waals surface area contributed by atoms with E-state index in [2.05, 4.69) is 11.5 Å². The lowest BCUT2D eigenvalue weighted by molar-refractivity contribution is 0.0693. The number of hydrazine groups is 1. The molecule has 0 bridgehead atoms. The van der Waals surface area contributed by atoms with E-state index in [1.54, 1.807) is 0 Å². The molecule has 0 saturated carbocycles. The molecule has 72 valence electrons. The van der Waals surface area contributed by atoms with E-state index in [1.807, 2.05) is 27.7 Å². The summed E-state index contributed by atoms with van der Waals surface area (Å²) in [7, 11) is 0. The Morgan fingerprint density at radius 3 is 2.42 bits per heavy atom. The Labute approximate surface area is 74.9 Å². The molecule has 3 heteroatoms. The van der Waals surface area contributed by atoms with Crippen LogP contribution >= 0.6 is 0 Å². The van der Waals surface area contributed by atoms with E-state index in [0.29, 0.717) is 6.61 Å². The average molecular weight is 172 g/mol. The summed E-state index contributed by atoms with van der Waals surface area (Å²) in [6, 6.07) is 0.123. The van der Waals surface area contributed by atoms with Crippen molar-refractivity contribution in [3.8, 4) is 0 Å². The summed E-state index contributed by atoms with van der Waals surface area (Å²) in [6.07, 6.45) is 2.31. The Morgan fingerprint density at radius 2 is 2.08 bits per heavy atom. The zero-order chi connectivity index (χ0) is 9.56. The Bertz CT molecular complexity index is 139. The molecule has 0 spiro atoms. The number of nitrogens with two attached hydrogens (primary N) is 1. The first-order valence-corrected chi connectivity index (χ1v) is 4.29. The van der Waals surface area contributed by atoms with Gasteiger partial charge >= 0.3 is 0 Å². The molecule has 0 aromatic heterocycles. The lowest BCUT2D eigenvalue weighted by atomic mass is 10.2. The summed E-state index contributed by atoms with van der Waals surface area (Å²) in [6.45, 7) is 8.73. The van der Waals surface area contributed by atoms with Crippen molar-refractivity contribution < 1.29 is 4.74 Å². The summed E-state index contributed by atoms with van der Waals surface area (Å²) in [5.74, 6) is 5.33. The highest BCUT2D eigenvalue weighted by atomic mass is 16.5. The van der Waals surface area contributed by atoms with E-state index in [9.17, 15) is 0 Å². The van der Waals surface area contributed by atoms with Gasteiger partial charge in [-0.25, -0.2) is 0 Å². The van der Waals surface area contributed by atoms with Gasteiger partial charge in [-0.15, -0.1) is 0 Å². The second-order valence-electron chi connectivity index (χ2n) is 3.40. The molecule has 0 aliphatic heterocycles. The van der Waals surface area contributed by atoms with Gasteiger partial charge in [-0.1, -0.05) is 11.6 Å². The van der Waals surface area contributed by atoms with Crippen LogP contribution in [-0.2, 0) is 4.74 Å². The first-order chi connectivity index (χ1) is 5.56. The normalized spacial score (nSPS) is 13.2. The Morgan fingerprint density at radius 1 is 1.50 bits per heavy atom. The van der Waals surface area contributed by atoms with Crippen LogP contribution < -0.4 is 11.3 Å². The fraction of sp³-hybridized carbons (Fsp3) is 0.778. The van der Waals surface area contributed by atoms with Crippen LogP contribution in [0.3, 0.4) is 0 Å². The molecule has 0 aliphatic rings. The van der Waals surface area contributed by atoms with E-state index in [4.69, 9.17) is 10.6 Å². The molecule has 0 saturated heterocycles. The number of rotatable bonds is 5. The Balaban J connectivity index is 3.76. The molecule has 12 heavy (non-hydrogen) atoms. The van der Waals surface area contributed by atoms with Crippen LogP contribution in [-0.4, -0.2) is 18.8 Å². The fourth-order valence-electron chi connectivity index (χ4n) is 0.843. The van der Waals surface area contributed by atoms with E-state index in [0.717, 1.165) is 0 Å². The molecule has 0 aromatic rings. The third-order valence-electron chi connectivity index (χ3n) is 1.36. The molecule has 3 N–H and O–H groups in total. The molecular formula is C9H20N2O. The van der Waals surface area contributed by atoms with Gasteiger partial charge in [0.1, 0.15) is 0 Å². The molecule has 3 nitrogen and oxygen atoms in total. The van der Waals surface area contributed by atoms with Crippen molar-refractivity contribution in [1.82, 2.24) is 5.43 Å². The van der Waals surface area contributed by atoms with Crippen molar-refractivity contribution in [3.63, 3.8) is 0 Å².